The van der Waals surface area contributed by atoms with Crippen LogP contribution in [0.5, 0.6) is 0 Å². The fourth-order valence-corrected chi connectivity index (χ4v) is 3.04. The molecule has 0 aromatic heterocycles. The first-order valence-corrected chi connectivity index (χ1v) is 6.08. The Morgan fingerprint density at radius 3 is 2.79 bits per heavy atom. The van der Waals surface area contributed by atoms with Gasteiger partial charge in [-0.25, -0.2) is 0 Å². The highest BCUT2D eigenvalue weighted by Gasteiger charge is 2.34. The summed E-state index contributed by atoms with van der Waals surface area (Å²) in [7, 11) is 0. The van der Waals surface area contributed by atoms with Crippen LogP contribution in [0.15, 0.2) is 28.7 Å². The Balaban J connectivity index is 2.41. The van der Waals surface area contributed by atoms with Gasteiger partial charge in [0.15, 0.2) is 0 Å². The van der Waals surface area contributed by atoms with Crippen LogP contribution in [0, 0.1) is 0 Å². The van der Waals surface area contributed by atoms with E-state index in [1.165, 1.54) is 22.9 Å². The topological polar surface area (TPSA) is 12.0 Å². The third kappa shape index (κ3) is 1.61. The molecular weight excluding hydrogens is 238 g/mol. The van der Waals surface area contributed by atoms with Gasteiger partial charge in [0.2, 0.25) is 0 Å². The number of hydrogen-bond acceptors (Lipinski definition) is 1. The Morgan fingerprint density at radius 1 is 1.43 bits per heavy atom. The molecule has 14 heavy (non-hydrogen) atoms. The summed E-state index contributed by atoms with van der Waals surface area (Å²) < 4.78 is 1.23. The van der Waals surface area contributed by atoms with Crippen LogP contribution >= 0.6 is 15.9 Å². The summed E-state index contributed by atoms with van der Waals surface area (Å²) in [6, 6.07) is 8.56. The summed E-state index contributed by atoms with van der Waals surface area (Å²) in [6.45, 7) is 3.41. The molecule has 1 aromatic carbocycles. The second-order valence-corrected chi connectivity index (χ2v) is 4.80. The van der Waals surface area contributed by atoms with Gasteiger partial charge in [-0.1, -0.05) is 41.1 Å². The van der Waals surface area contributed by atoms with E-state index in [4.69, 9.17) is 0 Å². The van der Waals surface area contributed by atoms with Gasteiger partial charge in [-0.15, -0.1) is 0 Å². The standard InChI is InChI=1S/C12H16BrN/c1-2-12(8-5-9-14-12)10-6-3-4-7-11(10)13/h3-4,6-7,14H,2,5,8-9H2,1H3. The van der Waals surface area contributed by atoms with Gasteiger partial charge in [0, 0.05) is 10.0 Å². The molecule has 1 fully saturated rings. The maximum atomic E-state index is 3.65. The Morgan fingerprint density at radius 2 is 2.21 bits per heavy atom. The van der Waals surface area contributed by atoms with Crippen LogP contribution in [0.1, 0.15) is 31.7 Å². The van der Waals surface area contributed by atoms with Crippen molar-refractivity contribution in [2.45, 2.75) is 31.7 Å². The highest BCUT2D eigenvalue weighted by molar-refractivity contribution is 9.10. The second-order valence-electron chi connectivity index (χ2n) is 3.95. The molecule has 0 amide bonds. The third-order valence-corrected chi connectivity index (χ3v) is 3.93. The Bertz CT molecular complexity index is 316. The highest BCUT2D eigenvalue weighted by Crippen LogP contribution is 2.37. The molecule has 1 heterocycles. The van der Waals surface area contributed by atoms with Crippen molar-refractivity contribution >= 4 is 15.9 Å². The molecule has 1 aliphatic rings. The van der Waals surface area contributed by atoms with Crippen LogP contribution in [-0.4, -0.2) is 6.54 Å². The van der Waals surface area contributed by atoms with Gasteiger partial charge in [-0.3, -0.25) is 0 Å². The molecule has 1 aromatic rings. The lowest BCUT2D eigenvalue weighted by Crippen LogP contribution is -2.36. The fraction of sp³-hybridized carbons (Fsp3) is 0.500. The highest BCUT2D eigenvalue weighted by atomic mass is 79.9. The Hall–Kier alpha value is -0.340. The van der Waals surface area contributed by atoms with Gasteiger partial charge in [0.05, 0.1) is 0 Å². The molecule has 1 N–H and O–H groups in total. The van der Waals surface area contributed by atoms with Crippen molar-refractivity contribution in [2.24, 2.45) is 0 Å². The van der Waals surface area contributed by atoms with E-state index in [0.29, 0.717) is 0 Å². The monoisotopic (exact) mass is 253 g/mol. The van der Waals surface area contributed by atoms with Crippen molar-refractivity contribution in [1.29, 1.82) is 0 Å². The molecule has 76 valence electrons. The molecule has 0 saturated carbocycles. The molecule has 1 nitrogen and oxygen atoms in total. The van der Waals surface area contributed by atoms with Crippen LogP contribution in [0.3, 0.4) is 0 Å². The quantitative estimate of drug-likeness (QED) is 0.852. The lowest BCUT2D eigenvalue weighted by molar-refractivity contribution is 0.374. The number of nitrogens with one attached hydrogen (secondary N) is 1. The Labute approximate surface area is 94.0 Å². The van der Waals surface area contributed by atoms with Crippen LogP contribution in [0.2, 0.25) is 0 Å². The summed E-state index contributed by atoms with van der Waals surface area (Å²) in [4.78, 5) is 0. The van der Waals surface area contributed by atoms with Crippen molar-refractivity contribution in [3.8, 4) is 0 Å². The van der Waals surface area contributed by atoms with Crippen LogP contribution in [-0.2, 0) is 5.54 Å². The molecule has 0 radical (unpaired) electrons. The minimum Gasteiger partial charge on any atom is -0.307 e. The summed E-state index contributed by atoms with van der Waals surface area (Å²) in [6.07, 6.45) is 3.71. The summed E-state index contributed by atoms with van der Waals surface area (Å²) >= 11 is 3.64. The summed E-state index contributed by atoms with van der Waals surface area (Å²) in [5.74, 6) is 0. The van der Waals surface area contributed by atoms with Gasteiger partial charge in [0.1, 0.15) is 0 Å². The normalized spacial score (nSPS) is 26.7. The molecule has 0 spiro atoms. The third-order valence-electron chi connectivity index (χ3n) is 3.24. The minimum atomic E-state index is 0.222. The lowest BCUT2D eigenvalue weighted by atomic mass is 9.86. The molecule has 1 saturated heterocycles. The van der Waals surface area contributed by atoms with Crippen molar-refractivity contribution in [3.63, 3.8) is 0 Å². The molecule has 2 heteroatoms. The molecule has 1 aliphatic heterocycles. The zero-order valence-corrected chi connectivity index (χ0v) is 10.1. The largest absolute Gasteiger partial charge is 0.307 e. The minimum absolute atomic E-state index is 0.222. The van der Waals surface area contributed by atoms with E-state index in [0.717, 1.165) is 13.0 Å². The average Bonchev–Trinajstić information content (AvgIpc) is 2.68. The zero-order valence-electron chi connectivity index (χ0n) is 8.52. The first-order valence-electron chi connectivity index (χ1n) is 5.28. The first-order chi connectivity index (χ1) is 6.78. The van der Waals surface area contributed by atoms with Crippen LogP contribution < -0.4 is 5.32 Å². The van der Waals surface area contributed by atoms with E-state index >= 15 is 0 Å². The van der Waals surface area contributed by atoms with E-state index in [9.17, 15) is 0 Å². The number of rotatable bonds is 2. The van der Waals surface area contributed by atoms with E-state index in [2.05, 4.69) is 52.4 Å². The van der Waals surface area contributed by atoms with E-state index in [1.54, 1.807) is 0 Å². The van der Waals surface area contributed by atoms with Crippen molar-refractivity contribution < 1.29 is 0 Å². The van der Waals surface area contributed by atoms with E-state index in [1.807, 2.05) is 0 Å². The van der Waals surface area contributed by atoms with Crippen molar-refractivity contribution in [2.75, 3.05) is 6.54 Å². The molecule has 1 unspecified atom stereocenters. The maximum Gasteiger partial charge on any atom is 0.0443 e. The van der Waals surface area contributed by atoms with Gasteiger partial charge >= 0.3 is 0 Å². The van der Waals surface area contributed by atoms with Crippen LogP contribution in [0.25, 0.3) is 0 Å². The predicted octanol–water partition coefficient (Wildman–Crippen LogP) is 3.44. The van der Waals surface area contributed by atoms with Gasteiger partial charge in [-0.2, -0.15) is 0 Å². The average molecular weight is 254 g/mol. The molecule has 0 bridgehead atoms. The number of halogens is 1. The van der Waals surface area contributed by atoms with Crippen molar-refractivity contribution in [3.05, 3.63) is 34.3 Å². The SMILES string of the molecule is CCC1(c2ccccc2Br)CCCN1. The Kier molecular flexibility index (Phi) is 2.93. The summed E-state index contributed by atoms with van der Waals surface area (Å²) in [5, 5.41) is 3.65. The molecule has 2 rings (SSSR count). The van der Waals surface area contributed by atoms with E-state index in [-0.39, 0.29) is 5.54 Å². The van der Waals surface area contributed by atoms with Crippen LogP contribution in [0.4, 0.5) is 0 Å². The number of hydrogen-bond donors (Lipinski definition) is 1. The fourth-order valence-electron chi connectivity index (χ4n) is 2.38. The van der Waals surface area contributed by atoms with Gasteiger partial charge < -0.3 is 5.32 Å². The lowest BCUT2D eigenvalue weighted by Gasteiger charge is -2.29. The smallest absolute Gasteiger partial charge is 0.0443 e. The zero-order chi connectivity index (χ0) is 10.0. The molecule has 0 aliphatic carbocycles. The molecular formula is C12H16BrN. The van der Waals surface area contributed by atoms with Gasteiger partial charge in [-0.05, 0) is 37.4 Å². The first kappa shape index (κ1) is 10.2. The predicted molar refractivity (Wildman–Crippen MR) is 63.3 cm³/mol. The second kappa shape index (κ2) is 4.03. The van der Waals surface area contributed by atoms with E-state index < -0.39 is 0 Å². The molecule has 1 atom stereocenters. The number of benzene rings is 1. The maximum absolute atomic E-state index is 3.65. The summed E-state index contributed by atoms with van der Waals surface area (Å²) in [5.41, 5.74) is 1.64. The van der Waals surface area contributed by atoms with Crippen molar-refractivity contribution in [1.82, 2.24) is 5.32 Å². The van der Waals surface area contributed by atoms with Gasteiger partial charge in [0.25, 0.3) is 0 Å².